The Morgan fingerprint density at radius 1 is 1.17 bits per heavy atom. The summed E-state index contributed by atoms with van der Waals surface area (Å²) in [6.07, 6.45) is -4.59. The molecule has 0 spiro atoms. The van der Waals surface area contributed by atoms with Crippen molar-refractivity contribution in [2.24, 2.45) is 0 Å². The predicted octanol–water partition coefficient (Wildman–Crippen LogP) is 3.85. The molecule has 0 unspecified atom stereocenters. The SMILES string of the molecule is CN(Cc1cccc(C#N)c1)C(=O)c1ccccc1C(F)(F)F. The molecule has 0 aromatic heterocycles. The molecule has 2 aromatic carbocycles. The topological polar surface area (TPSA) is 44.1 Å². The van der Waals surface area contributed by atoms with Crippen molar-refractivity contribution in [1.29, 1.82) is 5.26 Å². The van der Waals surface area contributed by atoms with Crippen LogP contribution in [0.2, 0.25) is 0 Å². The monoisotopic (exact) mass is 318 g/mol. The Labute approximate surface area is 131 Å². The van der Waals surface area contributed by atoms with Crippen molar-refractivity contribution >= 4 is 5.91 Å². The van der Waals surface area contributed by atoms with Gasteiger partial charge in [0.05, 0.1) is 22.8 Å². The van der Waals surface area contributed by atoms with E-state index in [9.17, 15) is 18.0 Å². The Bertz CT molecular complexity index is 763. The van der Waals surface area contributed by atoms with Crippen molar-refractivity contribution in [3.63, 3.8) is 0 Å². The van der Waals surface area contributed by atoms with Crippen LogP contribution in [0.5, 0.6) is 0 Å². The van der Waals surface area contributed by atoms with E-state index in [0.29, 0.717) is 11.1 Å². The van der Waals surface area contributed by atoms with Crippen molar-refractivity contribution < 1.29 is 18.0 Å². The zero-order valence-electron chi connectivity index (χ0n) is 12.3. The number of halogens is 3. The van der Waals surface area contributed by atoms with Gasteiger partial charge in [-0.3, -0.25) is 4.79 Å². The molecule has 2 rings (SSSR count). The summed E-state index contributed by atoms with van der Waals surface area (Å²) in [7, 11) is 1.43. The molecule has 23 heavy (non-hydrogen) atoms. The molecule has 2 aromatic rings. The first-order valence-electron chi connectivity index (χ1n) is 6.73. The molecule has 0 heterocycles. The molecule has 0 radical (unpaired) electrons. The molecule has 0 atom stereocenters. The van der Waals surface area contributed by atoms with Gasteiger partial charge in [-0.25, -0.2) is 0 Å². The third-order valence-electron chi connectivity index (χ3n) is 3.29. The summed E-state index contributed by atoms with van der Waals surface area (Å²) in [6.45, 7) is 0.112. The predicted molar refractivity (Wildman–Crippen MR) is 78.4 cm³/mol. The zero-order chi connectivity index (χ0) is 17.0. The van der Waals surface area contributed by atoms with E-state index < -0.39 is 17.6 Å². The molecule has 0 aliphatic rings. The quantitative estimate of drug-likeness (QED) is 0.863. The normalized spacial score (nSPS) is 10.9. The van der Waals surface area contributed by atoms with Gasteiger partial charge in [0.2, 0.25) is 0 Å². The molecule has 0 bridgehead atoms. The van der Waals surface area contributed by atoms with Crippen LogP contribution in [0.15, 0.2) is 48.5 Å². The number of rotatable bonds is 3. The van der Waals surface area contributed by atoms with E-state index in [-0.39, 0.29) is 12.1 Å². The summed E-state index contributed by atoms with van der Waals surface area (Å²) in [5.74, 6) is -0.722. The molecule has 0 fully saturated rings. The van der Waals surface area contributed by atoms with Gasteiger partial charge < -0.3 is 4.90 Å². The fourth-order valence-electron chi connectivity index (χ4n) is 2.21. The first kappa shape index (κ1) is 16.6. The average molecular weight is 318 g/mol. The van der Waals surface area contributed by atoms with Gasteiger partial charge in [-0.1, -0.05) is 24.3 Å². The van der Waals surface area contributed by atoms with E-state index in [1.807, 2.05) is 6.07 Å². The van der Waals surface area contributed by atoms with Gasteiger partial charge in [0.1, 0.15) is 0 Å². The number of carbonyl (C=O) groups excluding carboxylic acids is 1. The summed E-state index contributed by atoms with van der Waals surface area (Å²) >= 11 is 0. The van der Waals surface area contributed by atoms with Gasteiger partial charge in [-0.15, -0.1) is 0 Å². The van der Waals surface area contributed by atoms with Crippen LogP contribution in [0.1, 0.15) is 27.0 Å². The average Bonchev–Trinajstić information content (AvgIpc) is 2.53. The third kappa shape index (κ3) is 3.89. The van der Waals surface area contributed by atoms with Gasteiger partial charge in [0.15, 0.2) is 0 Å². The fraction of sp³-hybridized carbons (Fsp3) is 0.176. The number of hydrogen-bond acceptors (Lipinski definition) is 2. The number of benzene rings is 2. The highest BCUT2D eigenvalue weighted by Crippen LogP contribution is 2.32. The highest BCUT2D eigenvalue weighted by atomic mass is 19.4. The van der Waals surface area contributed by atoms with E-state index in [4.69, 9.17) is 5.26 Å². The zero-order valence-corrected chi connectivity index (χ0v) is 12.3. The van der Waals surface area contributed by atoms with E-state index in [2.05, 4.69) is 0 Å². The number of nitrogens with zero attached hydrogens (tertiary/aromatic N) is 2. The second-order valence-electron chi connectivity index (χ2n) is 5.02. The molecule has 0 aliphatic heterocycles. The lowest BCUT2D eigenvalue weighted by atomic mass is 10.1. The molecule has 0 saturated carbocycles. The van der Waals surface area contributed by atoms with Crippen LogP contribution in [0.3, 0.4) is 0 Å². The number of amides is 1. The lowest BCUT2D eigenvalue weighted by Gasteiger charge is -2.20. The molecule has 3 nitrogen and oxygen atoms in total. The lowest BCUT2D eigenvalue weighted by Crippen LogP contribution is -2.28. The van der Waals surface area contributed by atoms with Crippen LogP contribution < -0.4 is 0 Å². The van der Waals surface area contributed by atoms with Gasteiger partial charge in [-0.2, -0.15) is 18.4 Å². The number of carbonyl (C=O) groups is 1. The lowest BCUT2D eigenvalue weighted by molar-refractivity contribution is -0.138. The van der Waals surface area contributed by atoms with E-state index in [1.165, 1.54) is 24.1 Å². The summed E-state index contributed by atoms with van der Waals surface area (Å²) in [5.41, 5.74) is -0.245. The summed E-state index contributed by atoms with van der Waals surface area (Å²) in [5, 5.41) is 8.85. The Kier molecular flexibility index (Phi) is 4.70. The molecule has 6 heteroatoms. The van der Waals surface area contributed by atoms with Crippen LogP contribution >= 0.6 is 0 Å². The van der Waals surface area contributed by atoms with E-state index >= 15 is 0 Å². The maximum Gasteiger partial charge on any atom is 0.417 e. The minimum absolute atomic E-state index is 0.112. The Hall–Kier alpha value is -2.81. The van der Waals surface area contributed by atoms with Crippen LogP contribution in [0, 0.1) is 11.3 Å². The molecule has 0 N–H and O–H groups in total. The van der Waals surface area contributed by atoms with Crippen LogP contribution in [0.4, 0.5) is 13.2 Å². The van der Waals surface area contributed by atoms with Gasteiger partial charge in [0.25, 0.3) is 5.91 Å². The first-order valence-corrected chi connectivity index (χ1v) is 6.73. The van der Waals surface area contributed by atoms with Crippen molar-refractivity contribution in [2.75, 3.05) is 7.05 Å². The molecular weight excluding hydrogens is 305 g/mol. The highest BCUT2D eigenvalue weighted by Gasteiger charge is 2.35. The van der Waals surface area contributed by atoms with Crippen LogP contribution in [0.25, 0.3) is 0 Å². The summed E-state index contributed by atoms with van der Waals surface area (Å²) in [6, 6.07) is 13.2. The third-order valence-corrected chi connectivity index (χ3v) is 3.29. The molecule has 1 amide bonds. The Morgan fingerprint density at radius 3 is 2.52 bits per heavy atom. The molecule has 0 saturated heterocycles. The standard InChI is InChI=1S/C17H13F3N2O/c1-22(11-13-6-4-5-12(9-13)10-21)16(23)14-7-2-3-8-15(14)17(18,19)20/h2-9H,11H2,1H3. The fourth-order valence-corrected chi connectivity index (χ4v) is 2.21. The van der Waals surface area contributed by atoms with Crippen molar-refractivity contribution in [1.82, 2.24) is 4.90 Å². The van der Waals surface area contributed by atoms with Crippen molar-refractivity contribution in [2.45, 2.75) is 12.7 Å². The Morgan fingerprint density at radius 2 is 1.87 bits per heavy atom. The first-order chi connectivity index (χ1) is 10.8. The van der Waals surface area contributed by atoms with Crippen molar-refractivity contribution in [3.05, 3.63) is 70.8 Å². The number of nitriles is 1. The molecule has 118 valence electrons. The minimum Gasteiger partial charge on any atom is -0.337 e. The largest absolute Gasteiger partial charge is 0.417 e. The Balaban J connectivity index is 2.25. The highest BCUT2D eigenvalue weighted by molar-refractivity contribution is 5.95. The smallest absolute Gasteiger partial charge is 0.337 e. The van der Waals surface area contributed by atoms with Gasteiger partial charge >= 0.3 is 6.18 Å². The van der Waals surface area contributed by atoms with E-state index in [0.717, 1.165) is 12.1 Å². The van der Waals surface area contributed by atoms with Gasteiger partial charge in [0, 0.05) is 13.6 Å². The van der Waals surface area contributed by atoms with Gasteiger partial charge in [-0.05, 0) is 29.8 Å². The maximum absolute atomic E-state index is 13.0. The second-order valence-corrected chi connectivity index (χ2v) is 5.02. The summed E-state index contributed by atoms with van der Waals surface area (Å²) < 4.78 is 39.0. The van der Waals surface area contributed by atoms with Crippen LogP contribution in [-0.2, 0) is 12.7 Å². The second kappa shape index (κ2) is 6.53. The van der Waals surface area contributed by atoms with E-state index in [1.54, 1.807) is 24.3 Å². The maximum atomic E-state index is 13.0. The number of hydrogen-bond donors (Lipinski definition) is 0. The molecule has 0 aliphatic carbocycles. The minimum atomic E-state index is -4.59. The van der Waals surface area contributed by atoms with Crippen LogP contribution in [-0.4, -0.2) is 17.9 Å². The summed E-state index contributed by atoms with van der Waals surface area (Å²) in [4.78, 5) is 13.5. The number of alkyl halides is 3. The van der Waals surface area contributed by atoms with Crippen molar-refractivity contribution in [3.8, 4) is 6.07 Å². The molecular formula is C17H13F3N2O.